The molecule has 1 rings (SSSR count). The van der Waals surface area contributed by atoms with Crippen molar-refractivity contribution < 1.29 is 14.6 Å². The van der Waals surface area contributed by atoms with Crippen molar-refractivity contribution in [3.05, 3.63) is 5.28 Å². The number of hydrogen-bond donors (Lipinski definition) is 2. The summed E-state index contributed by atoms with van der Waals surface area (Å²) in [6.45, 7) is 2.46. The first kappa shape index (κ1) is 13.9. The number of nitrogens with zero attached hydrogens (tertiary/aromatic N) is 3. The number of aromatic nitrogens is 3. The molecule has 0 radical (unpaired) electrons. The average molecular weight is 263 g/mol. The van der Waals surface area contributed by atoms with Crippen LogP contribution < -0.4 is 10.1 Å². The number of rotatable bonds is 7. The van der Waals surface area contributed by atoms with E-state index in [9.17, 15) is 0 Å². The van der Waals surface area contributed by atoms with Crippen LogP contribution in [0.25, 0.3) is 0 Å². The lowest BCUT2D eigenvalue weighted by Crippen LogP contribution is -2.29. The van der Waals surface area contributed by atoms with Crippen molar-refractivity contribution in [3.8, 4) is 6.01 Å². The maximum atomic E-state index is 9.08. The predicted octanol–water partition coefficient (Wildman–Crippen LogP) is 0.343. The summed E-state index contributed by atoms with van der Waals surface area (Å²) >= 11 is 5.71. The molecule has 2 N–H and O–H groups in total. The predicted molar refractivity (Wildman–Crippen MR) is 62.4 cm³/mol. The first-order chi connectivity index (χ1) is 8.19. The Balaban J connectivity index is 2.75. The molecule has 1 heterocycles. The Morgan fingerprint density at radius 2 is 2.18 bits per heavy atom. The summed E-state index contributed by atoms with van der Waals surface area (Å²) in [6.07, 6.45) is 0. The molecule has 0 fully saturated rings. The van der Waals surface area contributed by atoms with Gasteiger partial charge < -0.3 is 19.9 Å². The molecule has 0 aliphatic heterocycles. The van der Waals surface area contributed by atoms with E-state index in [1.807, 2.05) is 6.92 Å². The second kappa shape index (κ2) is 7.21. The van der Waals surface area contributed by atoms with Gasteiger partial charge in [0.15, 0.2) is 0 Å². The minimum absolute atomic E-state index is 0.0278. The lowest BCUT2D eigenvalue weighted by Gasteiger charge is -2.15. The Labute approximate surface area is 104 Å². The van der Waals surface area contributed by atoms with E-state index in [1.165, 1.54) is 7.11 Å². The molecule has 1 atom stereocenters. The van der Waals surface area contributed by atoms with Gasteiger partial charge in [0.05, 0.1) is 25.9 Å². The Morgan fingerprint density at radius 3 is 2.76 bits per heavy atom. The molecule has 0 aliphatic carbocycles. The summed E-state index contributed by atoms with van der Waals surface area (Å²) in [7, 11) is 1.54. The summed E-state index contributed by atoms with van der Waals surface area (Å²) in [5.41, 5.74) is 0. The molecule has 0 saturated carbocycles. The monoisotopic (exact) mass is 262 g/mol. The molecule has 1 aromatic rings. The van der Waals surface area contributed by atoms with Gasteiger partial charge in [-0.25, -0.2) is 0 Å². The molecule has 0 saturated heterocycles. The van der Waals surface area contributed by atoms with E-state index >= 15 is 0 Å². The fourth-order valence-corrected chi connectivity index (χ4v) is 1.27. The molecule has 1 aromatic heterocycles. The summed E-state index contributed by atoms with van der Waals surface area (Å²) in [6, 6.07) is -0.169. The van der Waals surface area contributed by atoms with Crippen LogP contribution in [0, 0.1) is 0 Å². The van der Waals surface area contributed by atoms with Crippen molar-refractivity contribution in [2.24, 2.45) is 0 Å². The first-order valence-electron chi connectivity index (χ1n) is 5.10. The van der Waals surface area contributed by atoms with Crippen LogP contribution >= 0.6 is 11.6 Å². The summed E-state index contributed by atoms with van der Waals surface area (Å²) in [5.74, 6) is 0.240. The number of aliphatic hydroxyl groups excluding tert-OH is 1. The first-order valence-corrected chi connectivity index (χ1v) is 5.48. The highest BCUT2D eigenvalue weighted by Gasteiger charge is 2.11. The number of anilines is 1. The number of halogens is 1. The maximum absolute atomic E-state index is 9.08. The smallest absolute Gasteiger partial charge is 0.322 e. The van der Waals surface area contributed by atoms with Crippen molar-refractivity contribution in [3.63, 3.8) is 0 Å². The molecule has 8 heteroatoms. The molecule has 0 aromatic carbocycles. The van der Waals surface area contributed by atoms with Crippen LogP contribution in [0.1, 0.15) is 6.92 Å². The number of methoxy groups -OCH3 is 1. The van der Waals surface area contributed by atoms with E-state index in [0.29, 0.717) is 13.2 Å². The molecule has 0 aliphatic rings. The highest BCUT2D eigenvalue weighted by molar-refractivity contribution is 6.28. The highest BCUT2D eigenvalue weighted by atomic mass is 35.5. The third-order valence-electron chi connectivity index (χ3n) is 1.78. The average Bonchev–Trinajstić information content (AvgIpc) is 2.28. The summed E-state index contributed by atoms with van der Waals surface area (Å²) in [4.78, 5) is 11.6. The molecule has 0 bridgehead atoms. The summed E-state index contributed by atoms with van der Waals surface area (Å²) < 4.78 is 10.0. The van der Waals surface area contributed by atoms with E-state index in [4.69, 9.17) is 26.2 Å². The van der Waals surface area contributed by atoms with Gasteiger partial charge in [-0.1, -0.05) is 0 Å². The van der Waals surface area contributed by atoms with Crippen molar-refractivity contribution in [1.82, 2.24) is 15.0 Å². The largest absolute Gasteiger partial charge is 0.464 e. The van der Waals surface area contributed by atoms with Gasteiger partial charge in [-0.05, 0) is 18.5 Å². The van der Waals surface area contributed by atoms with Crippen molar-refractivity contribution in [2.75, 3.05) is 32.2 Å². The molecule has 17 heavy (non-hydrogen) atoms. The van der Waals surface area contributed by atoms with Gasteiger partial charge in [0.1, 0.15) is 0 Å². The van der Waals surface area contributed by atoms with E-state index in [-0.39, 0.29) is 29.9 Å². The van der Waals surface area contributed by atoms with Gasteiger partial charge in [0.2, 0.25) is 11.2 Å². The van der Waals surface area contributed by atoms with Crippen LogP contribution in [0.2, 0.25) is 5.28 Å². The Kier molecular flexibility index (Phi) is 5.88. The Hall–Kier alpha value is -1.18. The standard InChI is InChI=1S/C9H15ClN4O3/c1-3-17-9-13-7(10)12-8(14-9)11-6(4-15)5-16-2/h6,15H,3-5H2,1-2H3,(H,11,12,13,14). The Bertz CT molecular complexity index is 353. The van der Waals surface area contributed by atoms with Crippen molar-refractivity contribution >= 4 is 17.5 Å². The molecule has 7 nitrogen and oxygen atoms in total. The van der Waals surface area contributed by atoms with Crippen LogP contribution in [0.4, 0.5) is 5.95 Å². The van der Waals surface area contributed by atoms with Crippen LogP contribution in [0.15, 0.2) is 0 Å². The van der Waals surface area contributed by atoms with Crippen LogP contribution in [0.3, 0.4) is 0 Å². The quantitative estimate of drug-likeness (QED) is 0.732. The van der Waals surface area contributed by atoms with Crippen molar-refractivity contribution in [1.29, 1.82) is 0 Å². The third-order valence-corrected chi connectivity index (χ3v) is 1.95. The van der Waals surface area contributed by atoms with Crippen LogP contribution in [0.5, 0.6) is 6.01 Å². The zero-order chi connectivity index (χ0) is 12.7. The second-order valence-electron chi connectivity index (χ2n) is 3.12. The Morgan fingerprint density at radius 1 is 1.41 bits per heavy atom. The number of ether oxygens (including phenoxy) is 2. The lowest BCUT2D eigenvalue weighted by molar-refractivity contribution is 0.153. The molecular weight excluding hydrogens is 248 g/mol. The van der Waals surface area contributed by atoms with Gasteiger partial charge in [-0.3, -0.25) is 0 Å². The second-order valence-corrected chi connectivity index (χ2v) is 3.46. The maximum Gasteiger partial charge on any atom is 0.322 e. The van der Waals surface area contributed by atoms with E-state index in [1.54, 1.807) is 0 Å². The van der Waals surface area contributed by atoms with Crippen LogP contribution in [-0.4, -0.2) is 53.0 Å². The van der Waals surface area contributed by atoms with Gasteiger partial charge in [0, 0.05) is 7.11 Å². The molecule has 0 spiro atoms. The topological polar surface area (TPSA) is 89.4 Å². The molecular formula is C9H15ClN4O3. The van der Waals surface area contributed by atoms with E-state index < -0.39 is 0 Å². The van der Waals surface area contributed by atoms with Crippen LogP contribution in [-0.2, 0) is 4.74 Å². The van der Waals surface area contributed by atoms with Gasteiger partial charge in [-0.15, -0.1) is 0 Å². The van der Waals surface area contributed by atoms with Gasteiger partial charge in [-0.2, -0.15) is 15.0 Å². The molecule has 1 unspecified atom stereocenters. The fourth-order valence-electron chi connectivity index (χ4n) is 1.11. The van der Waals surface area contributed by atoms with Gasteiger partial charge >= 0.3 is 6.01 Å². The lowest BCUT2D eigenvalue weighted by atomic mass is 10.3. The SMILES string of the molecule is CCOc1nc(Cl)nc(NC(CO)COC)n1. The van der Waals surface area contributed by atoms with E-state index in [0.717, 1.165) is 0 Å². The zero-order valence-corrected chi connectivity index (χ0v) is 10.4. The van der Waals surface area contributed by atoms with Crippen molar-refractivity contribution in [2.45, 2.75) is 13.0 Å². The third kappa shape index (κ3) is 4.68. The summed E-state index contributed by atoms with van der Waals surface area (Å²) in [5, 5.41) is 12.0. The minimum atomic E-state index is -0.312. The molecule has 96 valence electrons. The molecule has 0 amide bonds. The number of aliphatic hydroxyl groups is 1. The van der Waals surface area contributed by atoms with E-state index in [2.05, 4.69) is 20.3 Å². The normalized spacial score (nSPS) is 12.2. The fraction of sp³-hybridized carbons (Fsp3) is 0.667. The van der Waals surface area contributed by atoms with Gasteiger partial charge in [0.25, 0.3) is 0 Å². The minimum Gasteiger partial charge on any atom is -0.464 e. The zero-order valence-electron chi connectivity index (χ0n) is 9.68. The number of nitrogens with one attached hydrogen (secondary N) is 1. The highest BCUT2D eigenvalue weighted by Crippen LogP contribution is 2.12. The number of hydrogen-bond acceptors (Lipinski definition) is 7.